The van der Waals surface area contributed by atoms with E-state index in [1.54, 1.807) is 5.43 Å². The molecule has 0 aromatic heterocycles. The first-order chi connectivity index (χ1) is 5.95. The lowest BCUT2D eigenvalue weighted by Crippen LogP contribution is -2.33. The monoisotopic (exact) mass is 224 g/mol. The molecule has 0 aromatic rings. The Morgan fingerprint density at radius 3 is 2.00 bits per heavy atom. The van der Waals surface area contributed by atoms with Gasteiger partial charge in [-0.25, -0.2) is 11.7 Å². The van der Waals surface area contributed by atoms with E-state index < -0.39 is 10.5 Å². The van der Waals surface area contributed by atoms with Gasteiger partial charge in [0.25, 0.3) is 10.5 Å². The Morgan fingerprint density at radius 2 is 1.92 bits per heavy atom. The van der Waals surface area contributed by atoms with Gasteiger partial charge >= 0.3 is 0 Å². The van der Waals surface area contributed by atoms with E-state index in [1.807, 2.05) is 0 Å². The molecule has 5 N–H and O–H groups in total. The predicted octanol–water partition coefficient (Wildman–Crippen LogP) is -0.103. The molecule has 0 aliphatic rings. The highest BCUT2D eigenvalue weighted by Gasteiger charge is 1.97. The maximum absolute atomic E-state index is 10.2. The second kappa shape index (κ2) is 9.39. The average Bonchev–Trinajstić information content (AvgIpc) is 2.06. The van der Waals surface area contributed by atoms with Crippen molar-refractivity contribution in [3.8, 4) is 0 Å². The van der Waals surface area contributed by atoms with E-state index in [4.69, 9.17) is 5.84 Å². The van der Waals surface area contributed by atoms with E-state index >= 15 is 0 Å². The highest BCUT2D eigenvalue weighted by molar-refractivity contribution is 7.96. The molecule has 76 valence electrons. The number of hydrogen-bond donors (Lipinski definition) is 5. The zero-order valence-corrected chi connectivity index (χ0v) is 8.59. The van der Waals surface area contributed by atoms with Crippen molar-refractivity contribution in [3.63, 3.8) is 0 Å². The molecule has 2 amide bonds. The summed E-state index contributed by atoms with van der Waals surface area (Å²) in [6.07, 6.45) is 1.52. The van der Waals surface area contributed by atoms with Gasteiger partial charge in [0, 0.05) is 0 Å². The van der Waals surface area contributed by atoms with Crippen LogP contribution in [0, 0.1) is 0 Å². The first kappa shape index (κ1) is 14.8. The van der Waals surface area contributed by atoms with Crippen LogP contribution in [0.3, 0.4) is 0 Å². The lowest BCUT2D eigenvalue weighted by atomic mass is 10.6. The molecule has 0 saturated carbocycles. The topological polar surface area (TPSA) is 101 Å². The summed E-state index contributed by atoms with van der Waals surface area (Å²) in [5.74, 6) is 9.56. The van der Waals surface area contributed by atoms with Crippen molar-refractivity contribution in [1.82, 2.24) is 10.4 Å². The lowest BCUT2D eigenvalue weighted by molar-refractivity contribution is 0.230. The number of carbonyl (C=O) groups is 2. The van der Waals surface area contributed by atoms with Crippen LogP contribution in [0.25, 0.3) is 0 Å². The van der Waals surface area contributed by atoms with Crippen LogP contribution in [0.4, 0.5) is 9.59 Å². The number of nitrogens with zero attached hydrogens (tertiary/aromatic N) is 1. The Hall–Kier alpha value is -0.700. The molecule has 0 aliphatic heterocycles. The van der Waals surface area contributed by atoms with Crippen LogP contribution < -0.4 is 17.1 Å². The van der Waals surface area contributed by atoms with Crippen molar-refractivity contribution >= 4 is 35.7 Å². The molecular weight excluding hydrogens is 212 g/mol. The van der Waals surface area contributed by atoms with Gasteiger partial charge in [0.05, 0.1) is 6.54 Å². The minimum Gasteiger partial charge on any atom is -0.285 e. The number of amides is 2. The number of rotatable bonds is 2. The Kier molecular flexibility index (Phi) is 10.7. The van der Waals surface area contributed by atoms with E-state index in [1.165, 1.54) is 6.08 Å². The second-order valence-electron chi connectivity index (χ2n) is 1.67. The fraction of sp³-hybridized carbons (Fsp3) is 0.200. The molecule has 0 bridgehead atoms. The Morgan fingerprint density at radius 1 is 1.54 bits per heavy atom. The van der Waals surface area contributed by atoms with Crippen molar-refractivity contribution in [2.45, 2.75) is 0 Å². The smallest absolute Gasteiger partial charge is 0.285 e. The SMILES string of the molecule is C=CCN(N)C(=O)S.NNC(=O)S. The molecule has 0 radical (unpaired) electrons. The summed E-state index contributed by atoms with van der Waals surface area (Å²) in [4.78, 5) is 19.6. The van der Waals surface area contributed by atoms with E-state index in [2.05, 4.69) is 37.7 Å². The van der Waals surface area contributed by atoms with Gasteiger partial charge in [-0.15, -0.1) is 6.58 Å². The third-order valence-electron chi connectivity index (χ3n) is 0.695. The van der Waals surface area contributed by atoms with Crippen molar-refractivity contribution in [1.29, 1.82) is 0 Å². The first-order valence-corrected chi connectivity index (χ1v) is 3.90. The van der Waals surface area contributed by atoms with Gasteiger partial charge in [-0.3, -0.25) is 20.0 Å². The quantitative estimate of drug-likeness (QED) is 0.149. The number of hydrogen-bond acceptors (Lipinski definition) is 4. The maximum Gasteiger partial charge on any atom is 0.292 e. The van der Waals surface area contributed by atoms with Crippen LogP contribution in [-0.4, -0.2) is 22.0 Å². The minimum absolute atomic E-state index is 0.336. The van der Waals surface area contributed by atoms with Crippen molar-refractivity contribution in [3.05, 3.63) is 12.7 Å². The molecule has 0 saturated heterocycles. The number of hydrazine groups is 2. The molecular formula is C5H12N4O2S2. The van der Waals surface area contributed by atoms with Crippen molar-refractivity contribution in [2.75, 3.05) is 6.54 Å². The fourth-order valence-corrected chi connectivity index (χ4v) is 0.299. The third-order valence-corrected chi connectivity index (χ3v) is 1.08. The Balaban J connectivity index is 0. The molecule has 0 fully saturated rings. The zero-order valence-electron chi connectivity index (χ0n) is 6.80. The summed E-state index contributed by atoms with van der Waals surface area (Å²) in [5, 5.41) is -0.0225. The summed E-state index contributed by atoms with van der Waals surface area (Å²) < 4.78 is 0. The van der Waals surface area contributed by atoms with Gasteiger partial charge in [-0.05, 0) is 0 Å². The Bertz CT molecular complexity index is 187. The van der Waals surface area contributed by atoms with Crippen LogP contribution in [0.5, 0.6) is 0 Å². The van der Waals surface area contributed by atoms with Crippen LogP contribution in [-0.2, 0) is 0 Å². The van der Waals surface area contributed by atoms with Gasteiger partial charge in [-0.1, -0.05) is 31.3 Å². The van der Waals surface area contributed by atoms with Crippen LogP contribution in [0.15, 0.2) is 12.7 Å². The summed E-state index contributed by atoms with van der Waals surface area (Å²) in [5.41, 5.74) is 1.75. The zero-order chi connectivity index (χ0) is 10.9. The van der Waals surface area contributed by atoms with Crippen LogP contribution in [0.1, 0.15) is 0 Å². The van der Waals surface area contributed by atoms with Crippen molar-refractivity contribution < 1.29 is 9.59 Å². The molecule has 8 heteroatoms. The number of nitrogens with one attached hydrogen (secondary N) is 1. The fourth-order valence-electron chi connectivity index (χ4n) is 0.217. The van der Waals surface area contributed by atoms with E-state index in [-0.39, 0.29) is 0 Å². The van der Waals surface area contributed by atoms with E-state index in [0.29, 0.717) is 6.54 Å². The van der Waals surface area contributed by atoms with Crippen molar-refractivity contribution in [2.24, 2.45) is 11.7 Å². The normalized spacial score (nSPS) is 7.69. The minimum atomic E-state index is -0.523. The molecule has 0 heterocycles. The molecule has 0 atom stereocenters. The number of carbonyl (C=O) groups excluding carboxylic acids is 2. The van der Waals surface area contributed by atoms with E-state index in [0.717, 1.165) is 5.01 Å². The van der Waals surface area contributed by atoms with Crippen LogP contribution >= 0.6 is 25.3 Å². The lowest BCUT2D eigenvalue weighted by Gasteiger charge is -2.08. The molecule has 0 aliphatic carbocycles. The molecule has 0 rings (SSSR count). The van der Waals surface area contributed by atoms with Gasteiger partial charge in [0.15, 0.2) is 0 Å². The number of nitrogens with two attached hydrogens (primary N) is 2. The van der Waals surface area contributed by atoms with Gasteiger partial charge < -0.3 is 0 Å². The largest absolute Gasteiger partial charge is 0.292 e. The average molecular weight is 224 g/mol. The van der Waals surface area contributed by atoms with E-state index in [9.17, 15) is 9.59 Å². The highest BCUT2D eigenvalue weighted by atomic mass is 32.1. The summed E-state index contributed by atoms with van der Waals surface area (Å²) >= 11 is 6.66. The molecule has 0 unspecified atom stereocenters. The second-order valence-corrected chi connectivity index (χ2v) is 2.46. The molecule has 0 aromatic carbocycles. The maximum atomic E-state index is 10.2. The molecule has 13 heavy (non-hydrogen) atoms. The first-order valence-electron chi connectivity index (χ1n) is 3.01. The van der Waals surface area contributed by atoms with Gasteiger partial charge in [-0.2, -0.15) is 0 Å². The van der Waals surface area contributed by atoms with Gasteiger partial charge in [0.2, 0.25) is 0 Å². The third kappa shape index (κ3) is 14.2. The van der Waals surface area contributed by atoms with Gasteiger partial charge in [0.1, 0.15) is 0 Å². The molecule has 0 spiro atoms. The molecule has 6 nitrogen and oxygen atoms in total. The predicted molar refractivity (Wildman–Crippen MR) is 57.2 cm³/mol. The Labute approximate surface area is 87.1 Å². The highest BCUT2D eigenvalue weighted by Crippen LogP contribution is 1.85. The number of thiol groups is 2. The summed E-state index contributed by atoms with van der Waals surface area (Å²) in [7, 11) is 0. The van der Waals surface area contributed by atoms with Crippen LogP contribution in [0.2, 0.25) is 0 Å². The summed E-state index contributed by atoms with van der Waals surface area (Å²) in [6, 6.07) is 0. The standard InChI is InChI=1S/C4H8N2OS.CH4N2OS/c1-2-3-6(5)4(7)8;2-3-1(4)5/h2H,1,3,5H2,(H,7,8);2H2,(H2,3,4,5). The summed E-state index contributed by atoms with van der Waals surface area (Å²) in [6.45, 7) is 3.71.